The Balaban J connectivity index is 1.69. The van der Waals surface area contributed by atoms with Crippen LogP contribution in [0.5, 0.6) is 17.2 Å². The van der Waals surface area contributed by atoms with Crippen LogP contribution in [0.4, 0.5) is 5.69 Å². The SMILES string of the molecule is N#Cc1ccc(N2C(=O)C(=O)/C(=C(\O)c3ccc4c(c3)OCCO4)C2c2cccc(O)c2)cc1. The van der Waals surface area contributed by atoms with Gasteiger partial charge >= 0.3 is 0 Å². The van der Waals surface area contributed by atoms with Crippen LogP contribution in [-0.4, -0.2) is 35.1 Å². The number of rotatable bonds is 3. The van der Waals surface area contributed by atoms with Crippen LogP contribution < -0.4 is 14.4 Å². The Morgan fingerprint density at radius 2 is 1.71 bits per heavy atom. The van der Waals surface area contributed by atoms with Crippen LogP contribution in [0.2, 0.25) is 0 Å². The number of hydrogen-bond acceptors (Lipinski definition) is 7. The molecule has 34 heavy (non-hydrogen) atoms. The van der Waals surface area contributed by atoms with Gasteiger partial charge in [0.05, 0.1) is 23.2 Å². The van der Waals surface area contributed by atoms with Crippen molar-refractivity contribution >= 4 is 23.1 Å². The summed E-state index contributed by atoms with van der Waals surface area (Å²) in [5.41, 5.74) is 1.35. The van der Waals surface area contributed by atoms with E-state index in [1.54, 1.807) is 42.5 Å². The van der Waals surface area contributed by atoms with Crippen molar-refractivity contribution in [2.75, 3.05) is 18.1 Å². The largest absolute Gasteiger partial charge is 0.508 e. The first-order chi connectivity index (χ1) is 16.5. The van der Waals surface area contributed by atoms with Gasteiger partial charge in [0.2, 0.25) is 0 Å². The Morgan fingerprint density at radius 1 is 0.971 bits per heavy atom. The third-order valence-electron chi connectivity index (χ3n) is 5.72. The third kappa shape index (κ3) is 3.49. The Hall–Kier alpha value is -4.77. The molecule has 2 aliphatic heterocycles. The predicted octanol–water partition coefficient (Wildman–Crippen LogP) is 3.66. The molecule has 1 saturated heterocycles. The maximum Gasteiger partial charge on any atom is 0.300 e. The Labute approximate surface area is 194 Å². The highest BCUT2D eigenvalue weighted by molar-refractivity contribution is 6.51. The van der Waals surface area contributed by atoms with Gasteiger partial charge in [0.25, 0.3) is 11.7 Å². The summed E-state index contributed by atoms with van der Waals surface area (Å²) in [6, 6.07) is 18.1. The number of aliphatic hydroxyl groups is 1. The van der Waals surface area contributed by atoms with Gasteiger partial charge in [0.15, 0.2) is 11.5 Å². The molecule has 0 bridgehead atoms. The minimum absolute atomic E-state index is 0.0535. The van der Waals surface area contributed by atoms with E-state index >= 15 is 0 Å². The maximum atomic E-state index is 13.2. The van der Waals surface area contributed by atoms with E-state index in [0.29, 0.717) is 41.5 Å². The van der Waals surface area contributed by atoms with Gasteiger partial charge in [-0.15, -0.1) is 0 Å². The number of aliphatic hydroxyl groups excluding tert-OH is 1. The molecule has 168 valence electrons. The van der Waals surface area contributed by atoms with Crippen molar-refractivity contribution in [3.05, 3.63) is 89.0 Å². The molecule has 2 N–H and O–H groups in total. The summed E-state index contributed by atoms with van der Waals surface area (Å²) >= 11 is 0. The number of carbonyl (C=O) groups excluding carboxylic acids is 2. The number of Topliss-reactive ketones (excluding diaryl/α,β-unsaturated/α-hetero) is 1. The number of nitrogens with zero attached hydrogens (tertiary/aromatic N) is 2. The van der Waals surface area contributed by atoms with Gasteiger partial charge in [-0.2, -0.15) is 5.26 Å². The molecule has 2 aliphatic rings. The van der Waals surface area contributed by atoms with Gasteiger partial charge in [0.1, 0.15) is 24.7 Å². The molecule has 0 radical (unpaired) electrons. The molecule has 8 heteroatoms. The van der Waals surface area contributed by atoms with Crippen molar-refractivity contribution in [3.63, 3.8) is 0 Å². The lowest BCUT2D eigenvalue weighted by molar-refractivity contribution is -0.132. The number of aromatic hydroxyl groups is 1. The minimum atomic E-state index is -1.01. The summed E-state index contributed by atoms with van der Waals surface area (Å²) in [5.74, 6) is -1.19. The summed E-state index contributed by atoms with van der Waals surface area (Å²) in [6.07, 6.45) is 0. The molecule has 8 nitrogen and oxygen atoms in total. The maximum absolute atomic E-state index is 13.2. The topological polar surface area (TPSA) is 120 Å². The number of fused-ring (bicyclic) bond motifs is 1. The van der Waals surface area contributed by atoms with Crippen molar-refractivity contribution in [2.24, 2.45) is 0 Å². The van der Waals surface area contributed by atoms with Crippen molar-refractivity contribution < 1.29 is 29.3 Å². The highest BCUT2D eigenvalue weighted by Gasteiger charge is 2.47. The predicted molar refractivity (Wildman–Crippen MR) is 121 cm³/mol. The first-order valence-corrected chi connectivity index (χ1v) is 10.5. The number of anilines is 1. The fourth-order valence-corrected chi connectivity index (χ4v) is 4.15. The molecule has 0 aliphatic carbocycles. The lowest BCUT2D eigenvalue weighted by Crippen LogP contribution is -2.29. The molecule has 3 aromatic rings. The van der Waals surface area contributed by atoms with Gasteiger partial charge in [-0.1, -0.05) is 12.1 Å². The van der Waals surface area contributed by atoms with E-state index in [9.17, 15) is 19.8 Å². The second-order valence-electron chi connectivity index (χ2n) is 7.78. The summed E-state index contributed by atoms with van der Waals surface area (Å²) in [7, 11) is 0. The first-order valence-electron chi connectivity index (χ1n) is 10.5. The van der Waals surface area contributed by atoms with E-state index in [1.807, 2.05) is 6.07 Å². The number of ketones is 1. The van der Waals surface area contributed by atoms with E-state index in [-0.39, 0.29) is 22.6 Å². The molecule has 5 rings (SSSR count). The molecule has 0 saturated carbocycles. The average molecular weight is 454 g/mol. The lowest BCUT2D eigenvalue weighted by atomic mass is 9.94. The Morgan fingerprint density at radius 3 is 2.41 bits per heavy atom. The van der Waals surface area contributed by atoms with E-state index in [2.05, 4.69) is 0 Å². The molecular weight excluding hydrogens is 436 g/mol. The molecule has 0 spiro atoms. The van der Waals surface area contributed by atoms with Gasteiger partial charge < -0.3 is 19.7 Å². The number of carbonyl (C=O) groups is 2. The molecular formula is C26H18N2O6. The first kappa shape index (κ1) is 21.1. The van der Waals surface area contributed by atoms with Gasteiger partial charge in [-0.25, -0.2) is 0 Å². The number of ether oxygens (including phenoxy) is 2. The number of nitriles is 1. The van der Waals surface area contributed by atoms with Crippen molar-refractivity contribution in [1.82, 2.24) is 0 Å². The van der Waals surface area contributed by atoms with E-state index in [0.717, 1.165) is 0 Å². The van der Waals surface area contributed by atoms with E-state index < -0.39 is 17.7 Å². The molecule has 2 heterocycles. The molecule has 1 atom stereocenters. The quantitative estimate of drug-likeness (QED) is 0.352. The summed E-state index contributed by atoms with van der Waals surface area (Å²) in [6.45, 7) is 0.759. The Kier molecular flexibility index (Phi) is 5.15. The number of amides is 1. The molecule has 1 unspecified atom stereocenters. The normalized spacial score (nSPS) is 18.6. The fraction of sp³-hybridized carbons (Fsp3) is 0.115. The zero-order valence-corrected chi connectivity index (χ0v) is 17.8. The highest BCUT2D eigenvalue weighted by atomic mass is 16.6. The van der Waals surface area contributed by atoms with Crippen LogP contribution in [0.1, 0.15) is 22.7 Å². The van der Waals surface area contributed by atoms with Crippen molar-refractivity contribution in [3.8, 4) is 23.3 Å². The Bertz CT molecular complexity index is 1390. The third-order valence-corrected chi connectivity index (χ3v) is 5.72. The lowest BCUT2D eigenvalue weighted by Gasteiger charge is -2.25. The summed E-state index contributed by atoms with van der Waals surface area (Å²) in [4.78, 5) is 27.6. The van der Waals surface area contributed by atoms with E-state index in [4.69, 9.17) is 14.7 Å². The van der Waals surface area contributed by atoms with Crippen LogP contribution in [-0.2, 0) is 9.59 Å². The van der Waals surface area contributed by atoms with Crippen LogP contribution in [0, 0.1) is 11.3 Å². The van der Waals surface area contributed by atoms with Gasteiger partial charge in [-0.05, 0) is 60.2 Å². The zero-order chi connectivity index (χ0) is 23.8. The monoisotopic (exact) mass is 454 g/mol. The van der Waals surface area contributed by atoms with Crippen molar-refractivity contribution in [2.45, 2.75) is 6.04 Å². The van der Waals surface area contributed by atoms with E-state index in [1.165, 1.54) is 29.2 Å². The van der Waals surface area contributed by atoms with Crippen LogP contribution in [0.15, 0.2) is 72.3 Å². The smallest absolute Gasteiger partial charge is 0.300 e. The fourth-order valence-electron chi connectivity index (χ4n) is 4.15. The molecule has 1 fully saturated rings. The van der Waals surface area contributed by atoms with Gasteiger partial charge in [0, 0.05) is 11.3 Å². The molecule has 3 aromatic carbocycles. The summed E-state index contributed by atoms with van der Waals surface area (Å²) in [5, 5.41) is 30.4. The minimum Gasteiger partial charge on any atom is -0.508 e. The standard InChI is InChI=1S/C26H18N2O6/c27-14-15-4-7-18(8-5-15)28-23(16-2-1-3-19(29)12-16)22(25(31)26(28)32)24(30)17-6-9-20-21(13-17)34-11-10-33-20/h1-9,12-13,23,29-30H,10-11H2/b24-22-. The zero-order valence-electron chi connectivity index (χ0n) is 17.8. The highest BCUT2D eigenvalue weighted by Crippen LogP contribution is 2.43. The van der Waals surface area contributed by atoms with Crippen LogP contribution in [0.3, 0.4) is 0 Å². The summed E-state index contributed by atoms with van der Waals surface area (Å²) < 4.78 is 11.1. The van der Waals surface area contributed by atoms with Gasteiger partial charge in [-0.3, -0.25) is 14.5 Å². The second kappa shape index (κ2) is 8.30. The number of benzene rings is 3. The van der Waals surface area contributed by atoms with Crippen LogP contribution in [0.25, 0.3) is 5.76 Å². The average Bonchev–Trinajstić information content (AvgIpc) is 3.13. The number of phenols is 1. The number of hydrogen-bond donors (Lipinski definition) is 2. The number of phenolic OH excluding ortho intramolecular Hbond substituents is 1. The molecule has 1 amide bonds. The van der Waals surface area contributed by atoms with Crippen molar-refractivity contribution in [1.29, 1.82) is 5.26 Å². The van der Waals surface area contributed by atoms with Crippen LogP contribution >= 0.6 is 0 Å². The second-order valence-corrected chi connectivity index (χ2v) is 7.78. The molecule has 0 aromatic heterocycles.